The maximum Gasteiger partial charge on any atom is 0.416 e. The van der Waals surface area contributed by atoms with Gasteiger partial charge in [-0.1, -0.05) is 12.2 Å². The summed E-state index contributed by atoms with van der Waals surface area (Å²) in [5.41, 5.74) is 0.325. The summed E-state index contributed by atoms with van der Waals surface area (Å²) in [6, 6.07) is 3.76. The van der Waals surface area contributed by atoms with Gasteiger partial charge in [0.25, 0.3) is 0 Å². The maximum absolute atomic E-state index is 12.8. The Labute approximate surface area is 131 Å². The normalized spacial score (nSPS) is 21.4. The fourth-order valence-electron chi connectivity index (χ4n) is 2.87. The molecule has 0 amide bonds. The standard InChI is InChI=1S/C16H18F3N3O/c1-22-14-5-3-11(16(17,18)19)7-13(14)21-15(22)8-20-12-4-2-10(6-12)9-23/h2-5,7,10,12,20,23H,6,8-9H2,1H3/t10-,12+/m0/s1. The molecular weight excluding hydrogens is 307 g/mol. The fourth-order valence-corrected chi connectivity index (χ4v) is 2.87. The molecule has 4 nitrogen and oxygen atoms in total. The van der Waals surface area contributed by atoms with Gasteiger partial charge in [-0.25, -0.2) is 4.98 Å². The van der Waals surface area contributed by atoms with Crippen molar-refractivity contribution in [3.8, 4) is 0 Å². The molecule has 0 fully saturated rings. The second kappa shape index (κ2) is 5.98. The fraction of sp³-hybridized carbons (Fsp3) is 0.438. The first-order valence-electron chi connectivity index (χ1n) is 7.43. The van der Waals surface area contributed by atoms with Crippen molar-refractivity contribution in [2.45, 2.75) is 25.2 Å². The third-order valence-electron chi connectivity index (χ3n) is 4.23. The number of benzene rings is 1. The van der Waals surface area contributed by atoms with E-state index in [9.17, 15) is 13.2 Å². The Hall–Kier alpha value is -1.86. The largest absolute Gasteiger partial charge is 0.416 e. The van der Waals surface area contributed by atoms with Crippen LogP contribution in [-0.4, -0.2) is 27.3 Å². The zero-order chi connectivity index (χ0) is 16.6. The molecule has 0 spiro atoms. The SMILES string of the molecule is Cn1c(CN[C@@H]2C=C[C@H](CO)C2)nc2cc(C(F)(F)F)ccc21. The van der Waals surface area contributed by atoms with Crippen molar-refractivity contribution in [3.63, 3.8) is 0 Å². The Bertz CT molecular complexity index is 736. The number of imidazole rings is 1. The first-order valence-corrected chi connectivity index (χ1v) is 7.43. The van der Waals surface area contributed by atoms with Gasteiger partial charge < -0.3 is 15.0 Å². The van der Waals surface area contributed by atoms with Gasteiger partial charge in [0.1, 0.15) is 5.82 Å². The number of fused-ring (bicyclic) bond motifs is 1. The molecule has 0 radical (unpaired) electrons. The Balaban J connectivity index is 1.77. The predicted octanol–water partition coefficient (Wildman–Crippen LogP) is 2.62. The van der Waals surface area contributed by atoms with Crippen molar-refractivity contribution in [3.05, 3.63) is 41.7 Å². The van der Waals surface area contributed by atoms with Crippen LogP contribution >= 0.6 is 0 Å². The summed E-state index contributed by atoms with van der Waals surface area (Å²) in [6.07, 6.45) is 0.435. The average Bonchev–Trinajstić information content (AvgIpc) is 3.09. The molecule has 7 heteroatoms. The lowest BCUT2D eigenvalue weighted by Crippen LogP contribution is -2.27. The zero-order valence-electron chi connectivity index (χ0n) is 12.6. The highest BCUT2D eigenvalue weighted by Crippen LogP contribution is 2.31. The van der Waals surface area contributed by atoms with Gasteiger partial charge >= 0.3 is 6.18 Å². The molecule has 0 aliphatic heterocycles. The summed E-state index contributed by atoms with van der Waals surface area (Å²) in [5.74, 6) is 0.850. The third-order valence-corrected chi connectivity index (χ3v) is 4.23. The highest BCUT2D eigenvalue weighted by atomic mass is 19.4. The molecule has 124 valence electrons. The highest BCUT2D eigenvalue weighted by Gasteiger charge is 2.31. The third kappa shape index (κ3) is 3.25. The summed E-state index contributed by atoms with van der Waals surface area (Å²) >= 11 is 0. The molecule has 1 aromatic heterocycles. The summed E-state index contributed by atoms with van der Waals surface area (Å²) in [6.45, 7) is 0.584. The van der Waals surface area contributed by atoms with Gasteiger partial charge in [0.05, 0.1) is 23.1 Å². The molecule has 3 rings (SSSR count). The molecule has 0 bridgehead atoms. The van der Waals surface area contributed by atoms with Gasteiger partial charge in [0.15, 0.2) is 0 Å². The van der Waals surface area contributed by atoms with Crippen molar-refractivity contribution < 1.29 is 18.3 Å². The van der Waals surface area contributed by atoms with Crippen molar-refractivity contribution >= 4 is 11.0 Å². The van der Waals surface area contributed by atoms with Crippen LogP contribution in [0.1, 0.15) is 17.8 Å². The number of rotatable bonds is 4. The van der Waals surface area contributed by atoms with E-state index in [1.165, 1.54) is 6.07 Å². The zero-order valence-corrected chi connectivity index (χ0v) is 12.6. The first-order chi connectivity index (χ1) is 10.9. The van der Waals surface area contributed by atoms with Crippen LogP contribution in [0.5, 0.6) is 0 Å². The van der Waals surface area contributed by atoms with Gasteiger partial charge in [0, 0.05) is 25.6 Å². The number of hydrogen-bond donors (Lipinski definition) is 2. The molecule has 1 aliphatic rings. The Morgan fingerprint density at radius 3 is 2.78 bits per heavy atom. The number of hydrogen-bond acceptors (Lipinski definition) is 3. The smallest absolute Gasteiger partial charge is 0.396 e. The average molecular weight is 325 g/mol. The minimum atomic E-state index is -4.36. The minimum Gasteiger partial charge on any atom is -0.396 e. The van der Waals surface area contributed by atoms with Crippen molar-refractivity contribution in [1.29, 1.82) is 0 Å². The van der Waals surface area contributed by atoms with Gasteiger partial charge in [-0.3, -0.25) is 0 Å². The van der Waals surface area contributed by atoms with Crippen molar-refractivity contribution in [2.24, 2.45) is 13.0 Å². The van der Waals surface area contributed by atoms with Crippen LogP contribution < -0.4 is 5.32 Å². The first kappa shape index (κ1) is 16.0. The van der Waals surface area contributed by atoms with Gasteiger partial charge in [-0.15, -0.1) is 0 Å². The molecular formula is C16H18F3N3O. The molecule has 0 saturated carbocycles. The lowest BCUT2D eigenvalue weighted by Gasteiger charge is -2.12. The van der Waals surface area contributed by atoms with E-state index in [-0.39, 0.29) is 18.6 Å². The van der Waals surface area contributed by atoms with Gasteiger partial charge in [-0.2, -0.15) is 13.2 Å². The molecule has 1 aromatic carbocycles. The Morgan fingerprint density at radius 1 is 1.35 bits per heavy atom. The Morgan fingerprint density at radius 2 is 2.13 bits per heavy atom. The number of aryl methyl sites for hydroxylation is 1. The number of nitrogens with zero attached hydrogens (tertiary/aromatic N) is 2. The molecule has 1 aliphatic carbocycles. The van der Waals surface area contributed by atoms with E-state index >= 15 is 0 Å². The van der Waals surface area contributed by atoms with E-state index in [4.69, 9.17) is 5.11 Å². The molecule has 23 heavy (non-hydrogen) atoms. The van der Waals surface area contributed by atoms with Crippen LogP contribution in [0.3, 0.4) is 0 Å². The van der Waals surface area contributed by atoms with E-state index in [1.54, 1.807) is 11.6 Å². The summed E-state index contributed by atoms with van der Waals surface area (Å²) in [4.78, 5) is 4.31. The molecule has 0 saturated heterocycles. The molecule has 2 aromatic rings. The van der Waals surface area contributed by atoms with E-state index in [1.807, 2.05) is 12.2 Å². The molecule has 1 heterocycles. The molecule has 2 N–H and O–H groups in total. The minimum absolute atomic E-state index is 0.126. The van der Waals surface area contributed by atoms with Crippen LogP contribution in [0.25, 0.3) is 11.0 Å². The van der Waals surface area contributed by atoms with Crippen molar-refractivity contribution in [1.82, 2.24) is 14.9 Å². The lowest BCUT2D eigenvalue weighted by molar-refractivity contribution is -0.137. The lowest BCUT2D eigenvalue weighted by atomic mass is 10.1. The van der Waals surface area contributed by atoms with Crippen molar-refractivity contribution in [2.75, 3.05) is 6.61 Å². The number of aliphatic hydroxyl groups is 1. The Kier molecular flexibility index (Phi) is 4.16. The van der Waals surface area contributed by atoms with E-state index in [0.29, 0.717) is 23.4 Å². The quantitative estimate of drug-likeness (QED) is 0.850. The maximum atomic E-state index is 12.8. The van der Waals surface area contributed by atoms with Crippen LogP contribution in [0.15, 0.2) is 30.4 Å². The topological polar surface area (TPSA) is 50.1 Å². The summed E-state index contributed by atoms with van der Waals surface area (Å²) in [5, 5.41) is 12.4. The number of alkyl halides is 3. The predicted molar refractivity (Wildman–Crippen MR) is 80.7 cm³/mol. The van der Waals surface area contributed by atoms with Gasteiger partial charge in [0.2, 0.25) is 0 Å². The van der Waals surface area contributed by atoms with Crippen LogP contribution in [-0.2, 0) is 19.8 Å². The van der Waals surface area contributed by atoms with E-state index in [2.05, 4.69) is 10.3 Å². The number of aliphatic hydroxyl groups excluding tert-OH is 1. The second-order valence-corrected chi connectivity index (χ2v) is 5.84. The van der Waals surface area contributed by atoms with E-state index in [0.717, 1.165) is 18.6 Å². The number of halogens is 3. The highest BCUT2D eigenvalue weighted by molar-refractivity contribution is 5.77. The van der Waals surface area contributed by atoms with Gasteiger partial charge in [-0.05, 0) is 24.6 Å². The summed E-state index contributed by atoms with van der Waals surface area (Å²) < 4.78 is 40.1. The second-order valence-electron chi connectivity index (χ2n) is 5.84. The molecule has 0 unspecified atom stereocenters. The van der Waals surface area contributed by atoms with Crippen LogP contribution in [0.2, 0.25) is 0 Å². The number of aromatic nitrogens is 2. The van der Waals surface area contributed by atoms with Crippen LogP contribution in [0, 0.1) is 5.92 Å². The van der Waals surface area contributed by atoms with Crippen LogP contribution in [0.4, 0.5) is 13.2 Å². The monoisotopic (exact) mass is 325 g/mol. The van der Waals surface area contributed by atoms with E-state index < -0.39 is 11.7 Å². The molecule has 2 atom stereocenters. The summed E-state index contributed by atoms with van der Waals surface area (Å²) in [7, 11) is 1.79. The number of nitrogens with one attached hydrogen (secondary N) is 1.